The zero-order valence-electron chi connectivity index (χ0n) is 10.8. The molecule has 0 amide bonds. The lowest BCUT2D eigenvalue weighted by atomic mass is 10.2. The molecule has 19 heavy (non-hydrogen) atoms. The van der Waals surface area contributed by atoms with Gasteiger partial charge in [0.2, 0.25) is 10.0 Å². The highest BCUT2D eigenvalue weighted by atomic mass is 32.2. The highest BCUT2D eigenvalue weighted by Crippen LogP contribution is 2.27. The Balaban J connectivity index is 2.15. The Bertz CT molecular complexity index is 539. The van der Waals surface area contributed by atoms with Crippen molar-refractivity contribution in [3.63, 3.8) is 0 Å². The molecule has 3 N–H and O–H groups in total. The molecule has 1 aliphatic heterocycles. The second-order valence-electron chi connectivity index (χ2n) is 4.42. The molecule has 0 radical (unpaired) electrons. The number of methoxy groups -OCH3 is 1. The van der Waals surface area contributed by atoms with Crippen molar-refractivity contribution < 1.29 is 17.9 Å². The molecule has 1 aromatic rings. The Kier molecular flexibility index (Phi) is 4.16. The normalized spacial score (nSPS) is 17.1. The molecule has 0 saturated carbocycles. The van der Waals surface area contributed by atoms with E-state index in [9.17, 15) is 8.42 Å². The highest BCUT2D eigenvalue weighted by Gasteiger charge is 2.27. The summed E-state index contributed by atoms with van der Waals surface area (Å²) in [6.07, 6.45) is 1.03. The lowest BCUT2D eigenvalue weighted by molar-refractivity contribution is 0.0984. The smallest absolute Gasteiger partial charge is 0.235 e. The van der Waals surface area contributed by atoms with E-state index in [-0.39, 0.29) is 0 Å². The van der Waals surface area contributed by atoms with Crippen LogP contribution in [0.15, 0.2) is 18.2 Å². The van der Waals surface area contributed by atoms with Gasteiger partial charge in [0.1, 0.15) is 5.75 Å². The summed E-state index contributed by atoms with van der Waals surface area (Å²) in [6.45, 7) is 0.966. The number of sulfonamides is 1. The number of nitrogens with two attached hydrogens (primary N) is 1. The molecule has 0 atom stereocenters. The minimum atomic E-state index is -3.40. The molecule has 0 bridgehead atoms. The summed E-state index contributed by atoms with van der Waals surface area (Å²) in [5.41, 5.74) is 6.61. The topological polar surface area (TPSA) is 90.6 Å². The maximum absolute atomic E-state index is 12.2. The summed E-state index contributed by atoms with van der Waals surface area (Å²) in [5, 5.41) is -0.412. The third-order valence-corrected chi connectivity index (χ3v) is 4.97. The van der Waals surface area contributed by atoms with Gasteiger partial charge in [-0.15, -0.1) is 0 Å². The van der Waals surface area contributed by atoms with Crippen LogP contribution in [0.4, 0.5) is 11.4 Å². The zero-order valence-corrected chi connectivity index (χ0v) is 11.6. The number of anilines is 2. The van der Waals surface area contributed by atoms with Gasteiger partial charge >= 0.3 is 0 Å². The van der Waals surface area contributed by atoms with Gasteiger partial charge in [-0.2, -0.15) is 0 Å². The minimum absolute atomic E-state index is 0.412. The first kappa shape index (κ1) is 14.0. The number of nitrogens with one attached hydrogen (secondary N) is 1. The van der Waals surface area contributed by atoms with E-state index in [1.165, 1.54) is 7.11 Å². The average Bonchev–Trinajstić information content (AvgIpc) is 2.42. The summed E-state index contributed by atoms with van der Waals surface area (Å²) in [6, 6.07) is 4.81. The van der Waals surface area contributed by atoms with Crippen molar-refractivity contribution >= 4 is 21.4 Å². The number of nitrogen functional groups attached to an aromatic ring is 1. The summed E-state index contributed by atoms with van der Waals surface area (Å²) in [7, 11) is -1.91. The Morgan fingerprint density at radius 3 is 2.68 bits per heavy atom. The van der Waals surface area contributed by atoms with E-state index in [1.54, 1.807) is 18.2 Å². The van der Waals surface area contributed by atoms with Crippen LogP contribution < -0.4 is 15.2 Å². The molecule has 0 aliphatic carbocycles. The second kappa shape index (κ2) is 5.66. The van der Waals surface area contributed by atoms with Gasteiger partial charge < -0.3 is 15.2 Å². The molecule has 1 fully saturated rings. The summed E-state index contributed by atoms with van der Waals surface area (Å²) < 4.78 is 37.2. The molecule has 0 unspecified atom stereocenters. The second-order valence-corrected chi connectivity index (χ2v) is 6.38. The fraction of sp³-hybridized carbons (Fsp3) is 0.500. The molecule has 1 aromatic carbocycles. The molecule has 0 aromatic heterocycles. The molecule has 6 nitrogen and oxygen atoms in total. The van der Waals surface area contributed by atoms with Gasteiger partial charge in [-0.1, -0.05) is 0 Å². The number of rotatable bonds is 4. The maximum atomic E-state index is 12.2. The van der Waals surface area contributed by atoms with Crippen molar-refractivity contribution in [1.29, 1.82) is 0 Å². The third kappa shape index (κ3) is 3.30. The van der Waals surface area contributed by atoms with Gasteiger partial charge in [0.15, 0.2) is 0 Å². The lowest BCUT2D eigenvalue weighted by Crippen LogP contribution is -2.33. The van der Waals surface area contributed by atoms with Crippen molar-refractivity contribution in [2.24, 2.45) is 0 Å². The van der Waals surface area contributed by atoms with Crippen LogP contribution in [0.5, 0.6) is 5.75 Å². The van der Waals surface area contributed by atoms with Crippen molar-refractivity contribution in [3.8, 4) is 5.75 Å². The van der Waals surface area contributed by atoms with Crippen LogP contribution in [0.3, 0.4) is 0 Å². The van der Waals surface area contributed by atoms with E-state index in [1.807, 2.05) is 0 Å². The van der Waals surface area contributed by atoms with Crippen LogP contribution in [0.25, 0.3) is 0 Å². The van der Waals surface area contributed by atoms with Gasteiger partial charge in [0.25, 0.3) is 0 Å². The van der Waals surface area contributed by atoms with E-state index in [0.717, 1.165) is 0 Å². The Morgan fingerprint density at radius 2 is 2.05 bits per heavy atom. The van der Waals surface area contributed by atoms with Crippen molar-refractivity contribution in [2.45, 2.75) is 18.1 Å². The van der Waals surface area contributed by atoms with Gasteiger partial charge in [-0.25, -0.2) is 8.42 Å². The van der Waals surface area contributed by atoms with E-state index >= 15 is 0 Å². The Morgan fingerprint density at radius 1 is 1.37 bits per heavy atom. The van der Waals surface area contributed by atoms with Crippen LogP contribution in [-0.4, -0.2) is 34.0 Å². The average molecular weight is 286 g/mol. The summed E-state index contributed by atoms with van der Waals surface area (Å²) >= 11 is 0. The van der Waals surface area contributed by atoms with Crippen LogP contribution >= 0.6 is 0 Å². The number of ether oxygens (including phenoxy) is 2. The van der Waals surface area contributed by atoms with E-state index < -0.39 is 15.3 Å². The van der Waals surface area contributed by atoms with E-state index in [0.29, 0.717) is 43.2 Å². The van der Waals surface area contributed by atoms with Crippen LogP contribution in [0, 0.1) is 0 Å². The quantitative estimate of drug-likeness (QED) is 0.812. The number of hydrogen-bond donors (Lipinski definition) is 2. The first-order chi connectivity index (χ1) is 9.03. The lowest BCUT2D eigenvalue weighted by Gasteiger charge is -2.23. The molecule has 7 heteroatoms. The van der Waals surface area contributed by atoms with Crippen molar-refractivity contribution in [1.82, 2.24) is 0 Å². The van der Waals surface area contributed by atoms with Gasteiger partial charge in [0, 0.05) is 19.3 Å². The Labute approximate surface area is 112 Å². The first-order valence-electron chi connectivity index (χ1n) is 6.06. The number of hydrogen-bond acceptors (Lipinski definition) is 5. The van der Waals surface area contributed by atoms with Crippen LogP contribution in [0.1, 0.15) is 12.8 Å². The van der Waals surface area contributed by atoms with Crippen molar-refractivity contribution in [3.05, 3.63) is 18.2 Å². The molecular weight excluding hydrogens is 268 g/mol. The molecule has 1 aliphatic rings. The van der Waals surface area contributed by atoms with Crippen LogP contribution in [0.2, 0.25) is 0 Å². The fourth-order valence-corrected chi connectivity index (χ4v) is 3.44. The predicted octanol–water partition coefficient (Wildman–Crippen LogP) is 1.20. The minimum Gasteiger partial charge on any atom is -0.495 e. The molecule has 0 spiro atoms. The van der Waals surface area contributed by atoms with Gasteiger partial charge in [-0.05, 0) is 25.0 Å². The van der Waals surface area contributed by atoms with E-state index in [2.05, 4.69) is 4.72 Å². The molecule has 2 rings (SSSR count). The monoisotopic (exact) mass is 286 g/mol. The largest absolute Gasteiger partial charge is 0.495 e. The van der Waals surface area contributed by atoms with Crippen LogP contribution in [-0.2, 0) is 14.8 Å². The number of benzene rings is 1. The molecule has 1 heterocycles. The zero-order chi connectivity index (χ0) is 13.9. The summed E-state index contributed by atoms with van der Waals surface area (Å²) in [5.74, 6) is 0.451. The SMILES string of the molecule is COc1cc(NS(=O)(=O)C2CCOCC2)ccc1N. The van der Waals surface area contributed by atoms with Gasteiger partial charge in [0.05, 0.1) is 23.7 Å². The van der Waals surface area contributed by atoms with Crippen molar-refractivity contribution in [2.75, 3.05) is 30.8 Å². The third-order valence-electron chi connectivity index (χ3n) is 3.10. The van der Waals surface area contributed by atoms with E-state index in [4.69, 9.17) is 15.2 Å². The Hall–Kier alpha value is -1.47. The highest BCUT2D eigenvalue weighted by molar-refractivity contribution is 7.93. The standard InChI is InChI=1S/C12H18N2O4S/c1-17-12-8-9(2-3-11(12)13)14-19(15,16)10-4-6-18-7-5-10/h2-3,8,10,14H,4-7,13H2,1H3. The first-order valence-corrected chi connectivity index (χ1v) is 7.60. The molecule has 106 valence electrons. The maximum Gasteiger partial charge on any atom is 0.235 e. The molecular formula is C12H18N2O4S. The van der Waals surface area contributed by atoms with Gasteiger partial charge in [-0.3, -0.25) is 4.72 Å². The predicted molar refractivity (Wildman–Crippen MR) is 73.8 cm³/mol. The fourth-order valence-electron chi connectivity index (χ4n) is 2.01. The summed E-state index contributed by atoms with van der Waals surface area (Å²) in [4.78, 5) is 0. The molecule has 1 saturated heterocycles.